The number of ether oxygens (including phenoxy) is 1. The molecule has 0 bridgehead atoms. The van der Waals surface area contributed by atoms with Gasteiger partial charge in [-0.2, -0.15) is 0 Å². The Hall–Kier alpha value is -1.80. The zero-order chi connectivity index (χ0) is 13.8. The van der Waals surface area contributed by atoms with Gasteiger partial charge in [0, 0.05) is 12.1 Å². The van der Waals surface area contributed by atoms with Crippen LogP contribution >= 0.6 is 0 Å². The zero-order valence-electron chi connectivity index (χ0n) is 12.0. The van der Waals surface area contributed by atoms with E-state index in [1.54, 1.807) is 0 Å². The maximum Gasteiger partial charge on any atom is 0.124 e. The van der Waals surface area contributed by atoms with Crippen LogP contribution < -0.4 is 10.1 Å². The highest BCUT2D eigenvalue weighted by atomic mass is 16.5. The van der Waals surface area contributed by atoms with Gasteiger partial charge in [-0.3, -0.25) is 0 Å². The molecule has 0 saturated carbocycles. The predicted molar refractivity (Wildman–Crippen MR) is 82.0 cm³/mol. The molecule has 1 aliphatic carbocycles. The Labute approximate surface area is 120 Å². The second-order valence-corrected chi connectivity index (χ2v) is 5.38. The number of rotatable bonds is 5. The molecule has 104 valence electrons. The molecule has 20 heavy (non-hydrogen) atoms. The van der Waals surface area contributed by atoms with Gasteiger partial charge in [0.1, 0.15) is 12.4 Å². The summed E-state index contributed by atoms with van der Waals surface area (Å²) in [5.41, 5.74) is 5.50. The monoisotopic (exact) mass is 267 g/mol. The summed E-state index contributed by atoms with van der Waals surface area (Å²) < 4.78 is 6.00. The summed E-state index contributed by atoms with van der Waals surface area (Å²) in [5.74, 6) is 0.974. The highest BCUT2D eigenvalue weighted by Crippen LogP contribution is 2.24. The molecule has 0 atom stereocenters. The standard InChI is InChI=1S/C18H21NO/c1-19-12-17-5-2-3-8-18(17)20-13-14-9-10-15-6-4-7-16(15)11-14/h2-3,5,8-11,19H,4,6-7,12-13H2,1H3. The molecule has 0 saturated heterocycles. The van der Waals surface area contributed by atoms with E-state index in [9.17, 15) is 0 Å². The number of fused-ring (bicyclic) bond motifs is 1. The summed E-state index contributed by atoms with van der Waals surface area (Å²) in [6.45, 7) is 1.48. The molecule has 0 heterocycles. The molecular formula is C18H21NO. The van der Waals surface area contributed by atoms with Crippen LogP contribution in [0.4, 0.5) is 0 Å². The van der Waals surface area contributed by atoms with Gasteiger partial charge in [-0.25, -0.2) is 0 Å². The Morgan fingerprint density at radius 1 is 1.05 bits per heavy atom. The van der Waals surface area contributed by atoms with E-state index in [0.717, 1.165) is 12.3 Å². The first-order chi connectivity index (χ1) is 9.86. The summed E-state index contributed by atoms with van der Waals surface area (Å²) in [6, 6.07) is 15.0. The lowest BCUT2D eigenvalue weighted by atomic mass is 10.1. The lowest BCUT2D eigenvalue weighted by molar-refractivity contribution is 0.302. The first kappa shape index (κ1) is 13.2. The van der Waals surface area contributed by atoms with Crippen LogP contribution in [0.1, 0.15) is 28.7 Å². The fourth-order valence-electron chi connectivity index (χ4n) is 2.86. The van der Waals surface area contributed by atoms with Gasteiger partial charge in [0.05, 0.1) is 0 Å². The van der Waals surface area contributed by atoms with Crippen LogP contribution in [0, 0.1) is 0 Å². The Kier molecular flexibility index (Phi) is 4.03. The van der Waals surface area contributed by atoms with E-state index in [2.05, 4.69) is 35.6 Å². The van der Waals surface area contributed by atoms with Gasteiger partial charge in [-0.15, -0.1) is 0 Å². The minimum atomic E-state index is 0.647. The second-order valence-electron chi connectivity index (χ2n) is 5.38. The number of hydrogen-bond acceptors (Lipinski definition) is 2. The summed E-state index contributed by atoms with van der Waals surface area (Å²) >= 11 is 0. The topological polar surface area (TPSA) is 21.3 Å². The molecule has 0 fully saturated rings. The number of aryl methyl sites for hydroxylation is 2. The highest BCUT2D eigenvalue weighted by Gasteiger charge is 2.11. The van der Waals surface area contributed by atoms with E-state index in [1.807, 2.05) is 19.2 Å². The van der Waals surface area contributed by atoms with Crippen LogP contribution in [0.5, 0.6) is 5.75 Å². The van der Waals surface area contributed by atoms with Gasteiger partial charge >= 0.3 is 0 Å². The summed E-state index contributed by atoms with van der Waals surface area (Å²) in [4.78, 5) is 0. The van der Waals surface area contributed by atoms with Crippen molar-refractivity contribution in [3.8, 4) is 5.75 Å². The zero-order valence-corrected chi connectivity index (χ0v) is 12.0. The van der Waals surface area contributed by atoms with Gasteiger partial charge in [0.25, 0.3) is 0 Å². The molecule has 0 amide bonds. The third-order valence-corrected chi connectivity index (χ3v) is 3.90. The highest BCUT2D eigenvalue weighted by molar-refractivity contribution is 5.36. The van der Waals surface area contributed by atoms with Crippen molar-refractivity contribution < 1.29 is 4.74 Å². The fraction of sp³-hybridized carbons (Fsp3) is 0.333. The third-order valence-electron chi connectivity index (χ3n) is 3.90. The molecule has 2 aromatic rings. The van der Waals surface area contributed by atoms with Crippen LogP contribution in [0.15, 0.2) is 42.5 Å². The third kappa shape index (κ3) is 2.86. The van der Waals surface area contributed by atoms with E-state index in [-0.39, 0.29) is 0 Å². The van der Waals surface area contributed by atoms with Crippen molar-refractivity contribution in [2.24, 2.45) is 0 Å². The smallest absolute Gasteiger partial charge is 0.124 e. The molecule has 0 aromatic heterocycles. The van der Waals surface area contributed by atoms with Gasteiger partial charge in [-0.1, -0.05) is 36.4 Å². The van der Waals surface area contributed by atoms with Crippen molar-refractivity contribution in [2.75, 3.05) is 7.05 Å². The van der Waals surface area contributed by atoms with Gasteiger partial charge in [0.2, 0.25) is 0 Å². The first-order valence-corrected chi connectivity index (χ1v) is 7.33. The maximum absolute atomic E-state index is 6.00. The Bertz CT molecular complexity index is 592. The molecule has 0 unspecified atom stereocenters. The Morgan fingerprint density at radius 3 is 2.80 bits per heavy atom. The minimum Gasteiger partial charge on any atom is -0.489 e. The van der Waals surface area contributed by atoms with Crippen LogP contribution in [0.2, 0.25) is 0 Å². The largest absolute Gasteiger partial charge is 0.489 e. The average molecular weight is 267 g/mol. The molecule has 0 aliphatic heterocycles. The van der Waals surface area contributed by atoms with Crippen molar-refractivity contribution >= 4 is 0 Å². The number of para-hydroxylation sites is 1. The van der Waals surface area contributed by atoms with Crippen molar-refractivity contribution in [1.29, 1.82) is 0 Å². The van der Waals surface area contributed by atoms with Crippen LogP contribution in [0.25, 0.3) is 0 Å². The molecule has 0 spiro atoms. The number of nitrogens with one attached hydrogen (secondary N) is 1. The Morgan fingerprint density at radius 2 is 1.90 bits per heavy atom. The molecule has 1 aliphatic rings. The van der Waals surface area contributed by atoms with Crippen molar-refractivity contribution in [1.82, 2.24) is 5.32 Å². The second kappa shape index (κ2) is 6.10. The van der Waals surface area contributed by atoms with Gasteiger partial charge in [0.15, 0.2) is 0 Å². The molecule has 1 N–H and O–H groups in total. The summed E-state index contributed by atoms with van der Waals surface area (Å²) in [7, 11) is 1.96. The lowest BCUT2D eigenvalue weighted by Gasteiger charge is -2.12. The molecule has 2 aromatic carbocycles. The molecule has 2 nitrogen and oxygen atoms in total. The summed E-state index contributed by atoms with van der Waals surface area (Å²) in [5, 5.41) is 3.18. The molecule has 2 heteroatoms. The van der Waals surface area contributed by atoms with Crippen molar-refractivity contribution in [3.05, 3.63) is 64.7 Å². The van der Waals surface area contributed by atoms with E-state index in [0.29, 0.717) is 6.61 Å². The normalized spacial score (nSPS) is 13.2. The molecular weight excluding hydrogens is 246 g/mol. The number of benzene rings is 2. The van der Waals surface area contributed by atoms with Gasteiger partial charge < -0.3 is 10.1 Å². The van der Waals surface area contributed by atoms with Crippen LogP contribution in [-0.4, -0.2) is 7.05 Å². The predicted octanol–water partition coefficient (Wildman–Crippen LogP) is 3.47. The lowest BCUT2D eigenvalue weighted by Crippen LogP contribution is -2.07. The average Bonchev–Trinajstić information content (AvgIpc) is 2.94. The Balaban J connectivity index is 1.70. The fourth-order valence-corrected chi connectivity index (χ4v) is 2.86. The van der Waals surface area contributed by atoms with Crippen LogP contribution in [0.3, 0.4) is 0 Å². The van der Waals surface area contributed by atoms with Crippen molar-refractivity contribution in [3.63, 3.8) is 0 Å². The van der Waals surface area contributed by atoms with Crippen molar-refractivity contribution in [2.45, 2.75) is 32.4 Å². The van der Waals surface area contributed by atoms with Gasteiger partial charge in [-0.05, 0) is 49.1 Å². The SMILES string of the molecule is CNCc1ccccc1OCc1ccc2c(c1)CCC2. The molecule has 0 radical (unpaired) electrons. The maximum atomic E-state index is 6.00. The van der Waals surface area contributed by atoms with E-state index in [4.69, 9.17) is 4.74 Å². The van der Waals surface area contributed by atoms with E-state index < -0.39 is 0 Å². The number of hydrogen-bond donors (Lipinski definition) is 1. The summed E-state index contributed by atoms with van der Waals surface area (Å²) in [6.07, 6.45) is 3.76. The first-order valence-electron chi connectivity index (χ1n) is 7.33. The quantitative estimate of drug-likeness (QED) is 0.895. The molecule has 3 rings (SSSR count). The van der Waals surface area contributed by atoms with Crippen LogP contribution in [-0.2, 0) is 26.0 Å². The van der Waals surface area contributed by atoms with E-state index in [1.165, 1.54) is 41.5 Å². The minimum absolute atomic E-state index is 0.647. The van der Waals surface area contributed by atoms with E-state index >= 15 is 0 Å².